The number of anilines is 1. The molecule has 0 radical (unpaired) electrons. The Balaban J connectivity index is 1.64. The highest BCUT2D eigenvalue weighted by molar-refractivity contribution is 6.02. The second kappa shape index (κ2) is 8.15. The largest absolute Gasteiger partial charge is 0.486 e. The minimum Gasteiger partial charge on any atom is -0.486 e. The van der Waals surface area contributed by atoms with Crippen LogP contribution < -0.4 is 14.8 Å². The van der Waals surface area contributed by atoms with Gasteiger partial charge in [0.05, 0.1) is 12.2 Å². The normalized spacial score (nSPS) is 12.7. The molecule has 1 aliphatic heterocycles. The molecule has 0 atom stereocenters. The lowest BCUT2D eigenvalue weighted by Crippen LogP contribution is -2.15. The summed E-state index contributed by atoms with van der Waals surface area (Å²) < 4.78 is 15.9. The summed E-state index contributed by atoms with van der Waals surface area (Å²) in [5, 5.41) is 2.61. The standard InChI is InChI=1S/C19H18N2O5/c1-2-24-19(23)14-7-8-20-17(12-14)21-18(22)6-4-13-3-5-15-16(11-13)26-10-9-25-15/h3-8,11-12H,2,9-10H2,1H3,(H,20,21,22)/b6-4-. The maximum Gasteiger partial charge on any atom is 0.338 e. The highest BCUT2D eigenvalue weighted by Gasteiger charge is 2.11. The van der Waals surface area contributed by atoms with E-state index in [9.17, 15) is 9.59 Å². The maximum absolute atomic E-state index is 12.1. The van der Waals surface area contributed by atoms with Gasteiger partial charge in [-0.2, -0.15) is 0 Å². The Morgan fingerprint density at radius 3 is 2.81 bits per heavy atom. The molecule has 134 valence electrons. The number of nitrogens with zero attached hydrogens (tertiary/aromatic N) is 1. The van der Waals surface area contributed by atoms with Crippen LogP contribution in [0.4, 0.5) is 5.82 Å². The van der Waals surface area contributed by atoms with Crippen LogP contribution in [0, 0.1) is 0 Å². The summed E-state index contributed by atoms with van der Waals surface area (Å²) in [5.41, 5.74) is 1.13. The van der Waals surface area contributed by atoms with Gasteiger partial charge in [0.15, 0.2) is 11.5 Å². The van der Waals surface area contributed by atoms with E-state index in [1.54, 1.807) is 25.1 Å². The van der Waals surface area contributed by atoms with E-state index >= 15 is 0 Å². The molecule has 1 amide bonds. The van der Waals surface area contributed by atoms with Crippen molar-refractivity contribution in [3.63, 3.8) is 0 Å². The van der Waals surface area contributed by atoms with Crippen LogP contribution in [0.15, 0.2) is 42.6 Å². The fourth-order valence-electron chi connectivity index (χ4n) is 2.34. The average molecular weight is 354 g/mol. The summed E-state index contributed by atoms with van der Waals surface area (Å²) in [6.45, 7) is 3.04. The quantitative estimate of drug-likeness (QED) is 0.656. The number of rotatable bonds is 5. The van der Waals surface area contributed by atoms with E-state index in [-0.39, 0.29) is 18.3 Å². The number of benzene rings is 1. The highest BCUT2D eigenvalue weighted by Crippen LogP contribution is 2.31. The van der Waals surface area contributed by atoms with Gasteiger partial charge in [-0.05, 0) is 42.8 Å². The zero-order valence-electron chi connectivity index (χ0n) is 14.2. The Morgan fingerprint density at radius 2 is 2.00 bits per heavy atom. The molecule has 0 spiro atoms. The van der Waals surface area contributed by atoms with Crippen LogP contribution in [0.1, 0.15) is 22.8 Å². The van der Waals surface area contributed by atoms with Crippen LogP contribution in [-0.4, -0.2) is 36.7 Å². The van der Waals surface area contributed by atoms with Crippen molar-refractivity contribution < 1.29 is 23.8 Å². The molecular weight excluding hydrogens is 336 g/mol. The van der Waals surface area contributed by atoms with E-state index in [1.807, 2.05) is 6.07 Å². The van der Waals surface area contributed by atoms with Crippen LogP contribution in [-0.2, 0) is 9.53 Å². The molecule has 1 aromatic carbocycles. The van der Waals surface area contributed by atoms with Crippen LogP contribution in [0.25, 0.3) is 6.08 Å². The summed E-state index contributed by atoms with van der Waals surface area (Å²) >= 11 is 0. The number of nitrogens with one attached hydrogen (secondary N) is 1. The van der Waals surface area contributed by atoms with Gasteiger partial charge in [0.1, 0.15) is 19.0 Å². The molecular formula is C19H18N2O5. The molecule has 1 aliphatic rings. The average Bonchev–Trinajstić information content (AvgIpc) is 2.66. The molecule has 0 bridgehead atoms. The summed E-state index contributed by atoms with van der Waals surface area (Å²) in [5.74, 6) is 0.790. The number of ether oxygens (including phenoxy) is 3. The van der Waals surface area contributed by atoms with Crippen molar-refractivity contribution in [2.24, 2.45) is 0 Å². The number of hydrogen-bond donors (Lipinski definition) is 1. The van der Waals surface area contributed by atoms with E-state index in [0.717, 1.165) is 5.56 Å². The summed E-state index contributed by atoms with van der Waals surface area (Å²) in [6.07, 6.45) is 4.47. The minimum absolute atomic E-state index is 0.271. The van der Waals surface area contributed by atoms with Gasteiger partial charge in [0.2, 0.25) is 5.91 Å². The number of pyridine rings is 1. The Labute approximate surface area is 150 Å². The van der Waals surface area contributed by atoms with Crippen molar-refractivity contribution in [3.05, 3.63) is 53.7 Å². The third kappa shape index (κ3) is 4.38. The van der Waals surface area contributed by atoms with Gasteiger partial charge >= 0.3 is 5.97 Å². The zero-order valence-corrected chi connectivity index (χ0v) is 14.2. The van der Waals surface area contributed by atoms with Crippen molar-refractivity contribution in [3.8, 4) is 11.5 Å². The fourth-order valence-corrected chi connectivity index (χ4v) is 2.34. The molecule has 1 aromatic heterocycles. The number of carbonyl (C=O) groups excluding carboxylic acids is 2. The van der Waals surface area contributed by atoms with Crippen LogP contribution in [0.5, 0.6) is 11.5 Å². The lowest BCUT2D eigenvalue weighted by Gasteiger charge is -2.18. The van der Waals surface area contributed by atoms with Gasteiger partial charge in [-0.3, -0.25) is 4.79 Å². The number of hydrogen-bond acceptors (Lipinski definition) is 6. The molecule has 7 nitrogen and oxygen atoms in total. The first kappa shape index (κ1) is 17.5. The van der Waals surface area contributed by atoms with Gasteiger partial charge in [-0.15, -0.1) is 0 Å². The van der Waals surface area contributed by atoms with Crippen molar-refractivity contribution >= 4 is 23.8 Å². The molecule has 7 heteroatoms. The maximum atomic E-state index is 12.1. The molecule has 2 aromatic rings. The van der Waals surface area contributed by atoms with Gasteiger partial charge < -0.3 is 19.5 Å². The number of amides is 1. The van der Waals surface area contributed by atoms with Gasteiger partial charge in [-0.1, -0.05) is 6.07 Å². The number of aromatic nitrogens is 1. The van der Waals surface area contributed by atoms with Crippen LogP contribution in [0.2, 0.25) is 0 Å². The summed E-state index contributed by atoms with van der Waals surface area (Å²) in [7, 11) is 0. The molecule has 2 heterocycles. The predicted octanol–water partition coefficient (Wildman–Crippen LogP) is 2.68. The van der Waals surface area contributed by atoms with E-state index in [1.165, 1.54) is 24.4 Å². The first-order chi connectivity index (χ1) is 12.7. The van der Waals surface area contributed by atoms with E-state index in [0.29, 0.717) is 30.3 Å². The Hall–Kier alpha value is -3.35. The Kier molecular flexibility index (Phi) is 5.48. The smallest absolute Gasteiger partial charge is 0.338 e. The molecule has 0 aliphatic carbocycles. The second-order valence-electron chi connectivity index (χ2n) is 5.38. The van der Waals surface area contributed by atoms with E-state index in [2.05, 4.69) is 10.3 Å². The van der Waals surface area contributed by atoms with Gasteiger partial charge in [0, 0.05) is 12.3 Å². The first-order valence-corrected chi connectivity index (χ1v) is 8.17. The molecule has 0 fully saturated rings. The van der Waals surface area contributed by atoms with Crippen molar-refractivity contribution in [2.75, 3.05) is 25.1 Å². The van der Waals surface area contributed by atoms with Gasteiger partial charge in [0.25, 0.3) is 0 Å². The number of carbonyl (C=O) groups is 2. The SMILES string of the molecule is CCOC(=O)c1ccnc(NC(=O)/C=C\c2ccc3c(c2)OCCO3)c1. The molecule has 0 saturated heterocycles. The van der Waals surface area contributed by atoms with Gasteiger partial charge in [-0.25, -0.2) is 9.78 Å². The topological polar surface area (TPSA) is 86.8 Å². The molecule has 0 unspecified atom stereocenters. The predicted molar refractivity (Wildman–Crippen MR) is 95.3 cm³/mol. The minimum atomic E-state index is -0.461. The Morgan fingerprint density at radius 1 is 1.19 bits per heavy atom. The zero-order chi connectivity index (χ0) is 18.4. The monoisotopic (exact) mass is 354 g/mol. The van der Waals surface area contributed by atoms with E-state index < -0.39 is 5.97 Å². The molecule has 3 rings (SSSR count). The number of esters is 1. The third-order valence-corrected chi connectivity index (χ3v) is 3.52. The molecule has 0 saturated carbocycles. The van der Waals surface area contributed by atoms with Crippen molar-refractivity contribution in [1.29, 1.82) is 0 Å². The lowest BCUT2D eigenvalue weighted by atomic mass is 10.2. The second-order valence-corrected chi connectivity index (χ2v) is 5.38. The first-order valence-electron chi connectivity index (χ1n) is 8.17. The van der Waals surface area contributed by atoms with Crippen LogP contribution >= 0.6 is 0 Å². The molecule has 26 heavy (non-hydrogen) atoms. The number of fused-ring (bicyclic) bond motifs is 1. The third-order valence-electron chi connectivity index (χ3n) is 3.52. The van der Waals surface area contributed by atoms with E-state index in [4.69, 9.17) is 14.2 Å². The van der Waals surface area contributed by atoms with Crippen molar-refractivity contribution in [1.82, 2.24) is 4.98 Å². The fraction of sp³-hybridized carbons (Fsp3) is 0.211. The molecule has 1 N–H and O–H groups in total. The van der Waals surface area contributed by atoms with Crippen molar-refractivity contribution in [2.45, 2.75) is 6.92 Å². The Bertz CT molecular complexity index is 848. The summed E-state index contributed by atoms with van der Waals surface area (Å²) in [6, 6.07) is 8.43. The lowest BCUT2D eigenvalue weighted by molar-refractivity contribution is -0.111. The summed E-state index contributed by atoms with van der Waals surface area (Å²) in [4.78, 5) is 27.8. The van der Waals surface area contributed by atoms with Crippen LogP contribution in [0.3, 0.4) is 0 Å². The highest BCUT2D eigenvalue weighted by atomic mass is 16.6.